The van der Waals surface area contributed by atoms with Gasteiger partial charge in [-0.25, -0.2) is 0 Å². The molecule has 2 N–H and O–H groups in total. The molecule has 1 aromatic rings. The minimum absolute atomic E-state index is 0.817. The predicted octanol–water partition coefficient (Wildman–Crippen LogP) is 8.25. The zero-order valence-corrected chi connectivity index (χ0v) is 21.4. The molecule has 2 nitrogen and oxygen atoms in total. The van der Waals surface area contributed by atoms with E-state index in [9.17, 15) is 0 Å². The number of hydrogen-bond acceptors (Lipinski definition) is 2. The second-order valence-electron chi connectivity index (χ2n) is 10.1. The molecule has 2 aliphatic rings. The van der Waals surface area contributed by atoms with Gasteiger partial charge in [0.1, 0.15) is 6.79 Å². The highest BCUT2D eigenvalue weighted by atomic mass is 16.1. The molecule has 0 radical (unpaired) electrons. The zero-order chi connectivity index (χ0) is 23.8. The highest BCUT2D eigenvalue weighted by molar-refractivity contribution is 5.26. The Labute approximate surface area is 199 Å². The minimum Gasteiger partial charge on any atom is -0.333 e. The maximum atomic E-state index is 8.00. The van der Waals surface area contributed by atoms with Gasteiger partial charge in [0.15, 0.2) is 0 Å². The largest absolute Gasteiger partial charge is 0.333 e. The molecule has 0 atom stereocenters. The first kappa shape index (κ1) is 28.6. The topological polar surface area (TPSA) is 43.1 Å². The molecule has 0 amide bonds. The van der Waals surface area contributed by atoms with Gasteiger partial charge in [0.05, 0.1) is 0 Å². The van der Waals surface area contributed by atoms with E-state index in [1.54, 1.807) is 5.56 Å². The van der Waals surface area contributed by atoms with Crippen LogP contribution in [-0.4, -0.2) is 13.8 Å². The van der Waals surface area contributed by atoms with Gasteiger partial charge in [0.2, 0.25) is 0 Å². The number of rotatable bonds is 9. The summed E-state index contributed by atoms with van der Waals surface area (Å²) >= 11 is 0. The molecule has 0 heterocycles. The number of unbranched alkanes of at least 4 members (excludes halogenated alkanes) is 2. The summed E-state index contributed by atoms with van der Waals surface area (Å²) in [4.78, 5) is 8.00. The van der Waals surface area contributed by atoms with Crippen molar-refractivity contribution >= 4 is 6.79 Å². The third-order valence-electron chi connectivity index (χ3n) is 7.84. The summed E-state index contributed by atoms with van der Waals surface area (Å²) in [6.45, 7) is 10.5. The Morgan fingerprint density at radius 3 is 1.91 bits per heavy atom. The van der Waals surface area contributed by atoms with Crippen LogP contribution in [-0.2, 0) is 11.2 Å². The Balaban J connectivity index is 0.00000121. The smallest absolute Gasteiger partial charge is 0.106 e. The summed E-state index contributed by atoms with van der Waals surface area (Å²) in [6.07, 6.45) is 20.0. The molecular formula is C30H51NO. The molecule has 2 aliphatic carbocycles. The van der Waals surface area contributed by atoms with Gasteiger partial charge in [0.25, 0.3) is 0 Å². The molecule has 2 saturated carbocycles. The number of allylic oxidation sites excluding steroid dienone is 1. The van der Waals surface area contributed by atoms with Crippen molar-refractivity contribution in [3.8, 4) is 0 Å². The van der Waals surface area contributed by atoms with Gasteiger partial charge >= 0.3 is 0 Å². The fourth-order valence-corrected chi connectivity index (χ4v) is 5.87. The minimum atomic E-state index is 0.817. The second-order valence-corrected chi connectivity index (χ2v) is 10.1. The summed E-state index contributed by atoms with van der Waals surface area (Å²) in [5.74, 6) is 3.95. The van der Waals surface area contributed by atoms with Crippen molar-refractivity contribution < 1.29 is 4.79 Å². The van der Waals surface area contributed by atoms with Crippen LogP contribution in [0.25, 0.3) is 0 Å². The van der Waals surface area contributed by atoms with Crippen molar-refractivity contribution in [2.75, 3.05) is 7.05 Å². The summed E-state index contributed by atoms with van der Waals surface area (Å²) in [5.41, 5.74) is 8.85. The molecular weight excluding hydrogens is 390 g/mol. The van der Waals surface area contributed by atoms with Crippen LogP contribution in [0, 0.1) is 17.8 Å². The van der Waals surface area contributed by atoms with Crippen molar-refractivity contribution in [1.82, 2.24) is 0 Å². The maximum Gasteiger partial charge on any atom is 0.106 e. The normalized spacial score (nSPS) is 25.0. The third-order valence-corrected chi connectivity index (χ3v) is 7.84. The molecule has 3 rings (SSSR count). The van der Waals surface area contributed by atoms with Crippen LogP contribution in [0.5, 0.6) is 0 Å². The highest BCUT2D eigenvalue weighted by Crippen LogP contribution is 2.44. The molecule has 0 bridgehead atoms. The van der Waals surface area contributed by atoms with Gasteiger partial charge in [0, 0.05) is 0 Å². The molecule has 0 saturated heterocycles. The van der Waals surface area contributed by atoms with E-state index in [2.05, 4.69) is 50.4 Å². The first-order valence-electron chi connectivity index (χ1n) is 13.3. The van der Waals surface area contributed by atoms with Crippen LogP contribution in [0.4, 0.5) is 0 Å². The van der Waals surface area contributed by atoms with Crippen molar-refractivity contribution in [3.63, 3.8) is 0 Å². The van der Waals surface area contributed by atoms with Crippen molar-refractivity contribution in [3.05, 3.63) is 47.5 Å². The Bertz CT molecular complexity index is 592. The van der Waals surface area contributed by atoms with Crippen LogP contribution in [0.3, 0.4) is 0 Å². The lowest BCUT2D eigenvalue weighted by Gasteiger charge is -2.38. The lowest BCUT2D eigenvalue weighted by atomic mass is 9.68. The molecule has 2 fully saturated rings. The van der Waals surface area contributed by atoms with Crippen LogP contribution >= 0.6 is 0 Å². The van der Waals surface area contributed by atoms with Gasteiger partial charge in [-0.3, -0.25) is 0 Å². The first-order chi connectivity index (χ1) is 15.7. The van der Waals surface area contributed by atoms with E-state index in [4.69, 9.17) is 4.79 Å². The lowest BCUT2D eigenvalue weighted by molar-refractivity contribution is -0.0979. The van der Waals surface area contributed by atoms with Crippen LogP contribution in [0.1, 0.15) is 114 Å². The van der Waals surface area contributed by atoms with E-state index in [1.807, 2.05) is 6.79 Å². The molecule has 32 heavy (non-hydrogen) atoms. The van der Waals surface area contributed by atoms with Gasteiger partial charge in [-0.15, -0.1) is 6.58 Å². The molecule has 0 aliphatic heterocycles. The summed E-state index contributed by atoms with van der Waals surface area (Å²) in [5, 5.41) is 0. The van der Waals surface area contributed by atoms with Gasteiger partial charge in [-0.1, -0.05) is 75.3 Å². The number of benzene rings is 1. The molecule has 182 valence electrons. The lowest BCUT2D eigenvalue weighted by Crippen LogP contribution is -2.25. The van der Waals surface area contributed by atoms with Crippen LogP contribution < -0.4 is 5.73 Å². The summed E-state index contributed by atoms with van der Waals surface area (Å²) < 4.78 is 0. The van der Waals surface area contributed by atoms with Crippen molar-refractivity contribution in [2.45, 2.75) is 110 Å². The van der Waals surface area contributed by atoms with Crippen LogP contribution in [0.15, 0.2) is 36.4 Å². The van der Waals surface area contributed by atoms with E-state index in [1.165, 1.54) is 95.2 Å². The number of hydrogen-bond donors (Lipinski definition) is 1. The Kier molecular flexibility index (Phi) is 15.3. The van der Waals surface area contributed by atoms with Crippen molar-refractivity contribution in [1.29, 1.82) is 0 Å². The van der Waals surface area contributed by atoms with Gasteiger partial charge < -0.3 is 10.5 Å². The number of carbonyl (C=O) groups is 1. The molecule has 0 spiro atoms. The zero-order valence-electron chi connectivity index (χ0n) is 21.4. The van der Waals surface area contributed by atoms with Gasteiger partial charge in [-0.05, 0) is 100 Å². The SMILES string of the molecule is C=C(C)CCc1ccc(C2CCC(C3CCC(CCCCC)CC3)CC2)cc1.C=O.CN. The van der Waals surface area contributed by atoms with E-state index in [0.717, 1.165) is 36.5 Å². The fraction of sp³-hybridized carbons (Fsp3) is 0.700. The van der Waals surface area contributed by atoms with Crippen LogP contribution in [0.2, 0.25) is 0 Å². The Morgan fingerprint density at radius 2 is 1.41 bits per heavy atom. The average Bonchev–Trinajstić information content (AvgIpc) is 2.86. The Morgan fingerprint density at radius 1 is 0.875 bits per heavy atom. The maximum absolute atomic E-state index is 8.00. The summed E-state index contributed by atoms with van der Waals surface area (Å²) in [6, 6.07) is 9.56. The quantitative estimate of drug-likeness (QED) is 0.309. The number of nitrogens with two attached hydrogens (primary N) is 1. The van der Waals surface area contributed by atoms with E-state index in [0.29, 0.717) is 0 Å². The monoisotopic (exact) mass is 441 g/mol. The molecule has 0 aromatic heterocycles. The standard InChI is InChI=1S/C28H44.CH5N.CH2O/c1-4-5-6-7-23-10-14-25(15-11-23)27-18-20-28(21-19-27)26-16-12-24(13-17-26)9-8-22(2)3;2*1-2/h12-13,16-17,23,25,27-28H,2,4-11,14-15,18-21H2,1,3H3;2H2,1H3;1H2. The molecule has 0 unspecified atom stereocenters. The van der Waals surface area contributed by atoms with E-state index < -0.39 is 0 Å². The molecule has 2 heteroatoms. The Hall–Kier alpha value is -1.41. The number of carbonyl (C=O) groups excluding carboxylic acids is 1. The van der Waals surface area contributed by atoms with Crippen molar-refractivity contribution in [2.24, 2.45) is 23.5 Å². The molecule has 1 aromatic carbocycles. The second kappa shape index (κ2) is 17.1. The third kappa shape index (κ3) is 10.0. The highest BCUT2D eigenvalue weighted by Gasteiger charge is 2.31. The number of aryl methyl sites for hydroxylation is 1. The van der Waals surface area contributed by atoms with E-state index in [-0.39, 0.29) is 0 Å². The first-order valence-corrected chi connectivity index (χ1v) is 13.3. The average molecular weight is 442 g/mol. The summed E-state index contributed by atoms with van der Waals surface area (Å²) in [7, 11) is 1.50. The van der Waals surface area contributed by atoms with Gasteiger partial charge in [-0.2, -0.15) is 0 Å². The predicted molar refractivity (Wildman–Crippen MR) is 141 cm³/mol. The van der Waals surface area contributed by atoms with E-state index >= 15 is 0 Å². The fourth-order valence-electron chi connectivity index (χ4n) is 5.87.